The fourth-order valence-corrected chi connectivity index (χ4v) is 3.51. The topological polar surface area (TPSA) is 102 Å². The highest BCUT2D eigenvalue weighted by atomic mass is 16.5. The zero-order valence-electron chi connectivity index (χ0n) is 16.3. The maximum atomic E-state index is 12.7. The van der Waals surface area contributed by atoms with Gasteiger partial charge in [-0.15, -0.1) is 0 Å². The third-order valence-electron chi connectivity index (χ3n) is 5.02. The van der Waals surface area contributed by atoms with Crippen LogP contribution in [0.5, 0.6) is 0 Å². The molecule has 1 saturated heterocycles. The summed E-state index contributed by atoms with van der Waals surface area (Å²) in [5.41, 5.74) is 1.16. The lowest BCUT2D eigenvalue weighted by molar-refractivity contribution is -0.116. The molecule has 154 valence electrons. The number of carbonyl (C=O) groups excluding carboxylic acids is 2. The first-order valence-corrected chi connectivity index (χ1v) is 9.85. The van der Waals surface area contributed by atoms with Crippen LogP contribution in [0.25, 0.3) is 10.9 Å². The van der Waals surface area contributed by atoms with Crippen molar-refractivity contribution in [2.45, 2.75) is 25.5 Å². The minimum absolute atomic E-state index is 0.0374. The highest BCUT2D eigenvalue weighted by Gasteiger charge is 2.18. The second-order valence-corrected chi connectivity index (χ2v) is 7.12. The van der Waals surface area contributed by atoms with Crippen molar-refractivity contribution in [3.05, 3.63) is 70.5 Å². The van der Waals surface area contributed by atoms with Crippen LogP contribution in [0.2, 0.25) is 0 Å². The van der Waals surface area contributed by atoms with Gasteiger partial charge in [-0.1, -0.05) is 24.3 Å². The van der Waals surface area contributed by atoms with Crippen LogP contribution < -0.4 is 16.1 Å². The van der Waals surface area contributed by atoms with Crippen LogP contribution >= 0.6 is 0 Å². The van der Waals surface area contributed by atoms with Gasteiger partial charge >= 0.3 is 0 Å². The van der Waals surface area contributed by atoms with Crippen molar-refractivity contribution >= 4 is 28.4 Å². The standard InChI is InChI=1S/C22H22N4O4/c27-20-13-24-26(19-10-4-2-8-17(19)20)14-21(28)25-18-9-3-1-7-16(18)22(29)23-12-15-6-5-11-30-15/h1-4,7-10,13,15H,5-6,11-12,14H2,(H,23,29)(H,25,28). The van der Waals surface area contributed by atoms with Crippen molar-refractivity contribution in [2.75, 3.05) is 18.5 Å². The van der Waals surface area contributed by atoms with Crippen molar-refractivity contribution in [3.63, 3.8) is 0 Å². The summed E-state index contributed by atoms with van der Waals surface area (Å²) in [6.45, 7) is 1.07. The highest BCUT2D eigenvalue weighted by Crippen LogP contribution is 2.16. The Balaban J connectivity index is 1.47. The van der Waals surface area contributed by atoms with Gasteiger partial charge in [0.05, 0.1) is 29.1 Å². The summed E-state index contributed by atoms with van der Waals surface area (Å²) in [6.07, 6.45) is 3.16. The van der Waals surface area contributed by atoms with E-state index in [9.17, 15) is 14.4 Å². The maximum Gasteiger partial charge on any atom is 0.253 e. The lowest BCUT2D eigenvalue weighted by atomic mass is 10.1. The normalized spacial score (nSPS) is 15.8. The van der Waals surface area contributed by atoms with Gasteiger partial charge in [0.1, 0.15) is 6.54 Å². The van der Waals surface area contributed by atoms with Gasteiger partial charge in [0.15, 0.2) is 0 Å². The fourth-order valence-electron chi connectivity index (χ4n) is 3.51. The number of amides is 2. The van der Waals surface area contributed by atoms with E-state index in [2.05, 4.69) is 15.7 Å². The summed E-state index contributed by atoms with van der Waals surface area (Å²) in [4.78, 5) is 37.2. The molecule has 2 aromatic carbocycles. The molecule has 8 nitrogen and oxygen atoms in total. The zero-order chi connectivity index (χ0) is 20.9. The Labute approximate surface area is 172 Å². The molecule has 0 spiro atoms. The van der Waals surface area contributed by atoms with Crippen molar-refractivity contribution < 1.29 is 14.3 Å². The average molecular weight is 406 g/mol. The first-order chi connectivity index (χ1) is 14.6. The lowest BCUT2D eigenvalue weighted by Crippen LogP contribution is -2.32. The number of anilines is 1. The van der Waals surface area contributed by atoms with Crippen LogP contribution in [-0.4, -0.2) is 40.9 Å². The molecular formula is C22H22N4O4. The van der Waals surface area contributed by atoms with Crippen LogP contribution in [0.3, 0.4) is 0 Å². The van der Waals surface area contributed by atoms with Gasteiger partial charge < -0.3 is 15.4 Å². The van der Waals surface area contributed by atoms with Gasteiger partial charge in [0.25, 0.3) is 5.91 Å². The second kappa shape index (κ2) is 8.87. The number of rotatable bonds is 6. The lowest BCUT2D eigenvalue weighted by Gasteiger charge is -2.14. The molecule has 1 aliphatic heterocycles. The number of hydrogen-bond donors (Lipinski definition) is 2. The van der Waals surface area contributed by atoms with E-state index in [1.807, 2.05) is 0 Å². The van der Waals surface area contributed by atoms with E-state index in [-0.39, 0.29) is 29.9 Å². The molecule has 8 heteroatoms. The molecular weight excluding hydrogens is 384 g/mol. The van der Waals surface area contributed by atoms with Gasteiger partial charge in [-0.3, -0.25) is 19.1 Å². The van der Waals surface area contributed by atoms with Gasteiger partial charge in [-0.05, 0) is 37.1 Å². The summed E-state index contributed by atoms with van der Waals surface area (Å²) in [5.74, 6) is -0.621. The largest absolute Gasteiger partial charge is 0.376 e. The van der Waals surface area contributed by atoms with Crippen LogP contribution in [0.15, 0.2) is 59.5 Å². The third-order valence-corrected chi connectivity index (χ3v) is 5.02. The maximum absolute atomic E-state index is 12.7. The molecule has 1 atom stereocenters. The summed E-state index contributed by atoms with van der Waals surface area (Å²) >= 11 is 0. The summed E-state index contributed by atoms with van der Waals surface area (Å²) in [5, 5.41) is 10.2. The summed E-state index contributed by atoms with van der Waals surface area (Å²) in [6, 6.07) is 13.8. The van der Waals surface area contributed by atoms with E-state index < -0.39 is 0 Å². The Kier molecular flexibility index (Phi) is 5.85. The van der Waals surface area contributed by atoms with Crippen LogP contribution in [0, 0.1) is 0 Å². The molecule has 1 fully saturated rings. The third kappa shape index (κ3) is 4.38. The molecule has 2 amide bonds. The molecule has 2 heterocycles. The van der Waals surface area contributed by atoms with E-state index in [0.717, 1.165) is 19.4 Å². The van der Waals surface area contributed by atoms with Gasteiger partial charge in [0, 0.05) is 18.5 Å². The smallest absolute Gasteiger partial charge is 0.253 e. The Morgan fingerprint density at radius 2 is 1.93 bits per heavy atom. The van der Waals surface area contributed by atoms with Crippen molar-refractivity contribution in [3.8, 4) is 0 Å². The Morgan fingerprint density at radius 1 is 1.13 bits per heavy atom. The van der Waals surface area contributed by atoms with E-state index in [1.165, 1.54) is 10.9 Å². The van der Waals surface area contributed by atoms with Gasteiger partial charge in [0.2, 0.25) is 11.3 Å². The Morgan fingerprint density at radius 3 is 2.77 bits per heavy atom. The number of carbonyl (C=O) groups is 2. The van der Waals surface area contributed by atoms with E-state index in [1.54, 1.807) is 48.5 Å². The predicted octanol–water partition coefficient (Wildman–Crippen LogP) is 1.94. The predicted molar refractivity (Wildman–Crippen MR) is 112 cm³/mol. The number of aromatic nitrogens is 2. The number of fused-ring (bicyclic) bond motifs is 1. The molecule has 4 rings (SSSR count). The van der Waals surface area contributed by atoms with E-state index in [4.69, 9.17) is 4.74 Å². The quantitative estimate of drug-likeness (QED) is 0.651. The minimum atomic E-state index is -0.351. The van der Waals surface area contributed by atoms with Crippen molar-refractivity contribution in [1.29, 1.82) is 0 Å². The SMILES string of the molecule is O=C(Cn1ncc(=O)c2ccccc21)Nc1ccccc1C(=O)NCC1CCCO1. The molecule has 2 N–H and O–H groups in total. The molecule has 0 radical (unpaired) electrons. The number of hydrogen-bond acceptors (Lipinski definition) is 5. The molecule has 3 aromatic rings. The van der Waals surface area contributed by atoms with Crippen molar-refractivity contribution in [2.24, 2.45) is 0 Å². The second-order valence-electron chi connectivity index (χ2n) is 7.12. The first kappa shape index (κ1) is 19.8. The molecule has 1 aromatic heterocycles. The Hall–Kier alpha value is -3.52. The average Bonchev–Trinajstić information content (AvgIpc) is 3.28. The number of para-hydroxylation sites is 2. The molecule has 1 unspecified atom stereocenters. The summed E-state index contributed by atoms with van der Waals surface area (Å²) in [7, 11) is 0. The number of benzene rings is 2. The molecule has 0 bridgehead atoms. The minimum Gasteiger partial charge on any atom is -0.376 e. The van der Waals surface area contributed by atoms with Crippen LogP contribution in [0.4, 0.5) is 5.69 Å². The number of nitrogens with zero attached hydrogens (tertiary/aromatic N) is 2. The number of ether oxygens (including phenoxy) is 1. The van der Waals surface area contributed by atoms with Crippen LogP contribution in [-0.2, 0) is 16.1 Å². The molecule has 1 aliphatic rings. The molecule has 0 saturated carbocycles. The van der Waals surface area contributed by atoms with Crippen LogP contribution in [0.1, 0.15) is 23.2 Å². The highest BCUT2D eigenvalue weighted by molar-refractivity contribution is 6.03. The van der Waals surface area contributed by atoms with E-state index >= 15 is 0 Å². The summed E-state index contributed by atoms with van der Waals surface area (Å²) < 4.78 is 6.99. The first-order valence-electron chi connectivity index (χ1n) is 9.85. The monoisotopic (exact) mass is 406 g/mol. The molecule has 30 heavy (non-hydrogen) atoms. The van der Waals surface area contributed by atoms with E-state index in [0.29, 0.717) is 28.7 Å². The van der Waals surface area contributed by atoms with Crippen molar-refractivity contribution in [1.82, 2.24) is 15.1 Å². The fraction of sp³-hybridized carbons (Fsp3) is 0.273. The Bertz CT molecular complexity index is 1140. The zero-order valence-corrected chi connectivity index (χ0v) is 16.3. The molecule has 0 aliphatic carbocycles. The number of nitrogens with one attached hydrogen (secondary N) is 2. The van der Waals surface area contributed by atoms with Gasteiger partial charge in [-0.25, -0.2) is 0 Å². The van der Waals surface area contributed by atoms with Gasteiger partial charge in [-0.2, -0.15) is 5.10 Å².